The number of ether oxygens (including phenoxy) is 1. The number of rotatable bonds is 12. The van der Waals surface area contributed by atoms with Gasteiger partial charge in [0, 0.05) is 6.42 Å². The molecule has 0 saturated heterocycles. The summed E-state index contributed by atoms with van der Waals surface area (Å²) in [5.41, 5.74) is 4.71. The maximum absolute atomic E-state index is 12.9. The Hall–Kier alpha value is -3.25. The van der Waals surface area contributed by atoms with Gasteiger partial charge >= 0.3 is 6.09 Å². The van der Waals surface area contributed by atoms with E-state index in [0.717, 1.165) is 6.16 Å². The number of primary amides is 1. The molecular formula is C32H43ClN3O4P+2. The standard InChI is InChI=1S/C32H40N3O4P.ClH/c1-32(2,3)39-31(38)35(4,25-29(33)36)23-22-34-30(37)21-14-24-40(26-15-8-5-9-16-26,27-17-10-6-11-18-27)28-19-12-7-13-20-28;/h5-13,15-20H,14,21-25H2,1-4H3,(H-2,33,34,36,37);1H/p+2. The highest BCUT2D eigenvalue weighted by atomic mass is 35.5. The van der Waals surface area contributed by atoms with Crippen molar-refractivity contribution in [1.82, 2.24) is 5.32 Å². The van der Waals surface area contributed by atoms with E-state index in [2.05, 4.69) is 78.1 Å². The van der Waals surface area contributed by atoms with Gasteiger partial charge in [-0.25, -0.2) is 4.48 Å². The fourth-order valence-electron chi connectivity index (χ4n) is 4.84. The molecule has 0 bridgehead atoms. The first-order valence-corrected chi connectivity index (χ1v) is 15.6. The summed E-state index contributed by atoms with van der Waals surface area (Å²) in [6.07, 6.45) is 1.33. The van der Waals surface area contributed by atoms with Crippen LogP contribution in [0.25, 0.3) is 0 Å². The number of hydrogen-bond donors (Lipinski definition) is 2. The van der Waals surface area contributed by atoms with Crippen molar-refractivity contribution >= 4 is 53.5 Å². The number of carbonyl (C=O) groups is 3. The molecule has 3 rings (SSSR count). The van der Waals surface area contributed by atoms with Crippen molar-refractivity contribution in [1.29, 1.82) is 0 Å². The van der Waals surface area contributed by atoms with Gasteiger partial charge in [-0.3, -0.25) is 9.59 Å². The van der Waals surface area contributed by atoms with Crippen LogP contribution in [0, 0.1) is 0 Å². The van der Waals surface area contributed by atoms with Crippen LogP contribution in [0.5, 0.6) is 0 Å². The maximum Gasteiger partial charge on any atom is 0.516 e. The number of amides is 3. The van der Waals surface area contributed by atoms with Crippen molar-refractivity contribution < 1.29 is 23.6 Å². The second kappa shape index (κ2) is 15.1. The average Bonchev–Trinajstić information content (AvgIpc) is 2.91. The van der Waals surface area contributed by atoms with E-state index in [0.29, 0.717) is 12.8 Å². The third kappa shape index (κ3) is 9.39. The molecule has 0 fully saturated rings. The first-order chi connectivity index (χ1) is 19.0. The normalized spacial score (nSPS) is 12.9. The van der Waals surface area contributed by atoms with Crippen LogP contribution in [-0.4, -0.2) is 60.8 Å². The average molecular weight is 600 g/mol. The highest BCUT2D eigenvalue weighted by molar-refractivity contribution is 7.95. The van der Waals surface area contributed by atoms with E-state index in [1.165, 1.54) is 15.9 Å². The second-order valence-corrected chi connectivity index (χ2v) is 14.8. The largest absolute Gasteiger partial charge is 0.516 e. The molecular weight excluding hydrogens is 557 g/mol. The Kier molecular flexibility index (Phi) is 12.5. The van der Waals surface area contributed by atoms with Gasteiger partial charge in [0.15, 0.2) is 6.54 Å². The van der Waals surface area contributed by atoms with Crippen molar-refractivity contribution in [2.45, 2.75) is 39.2 Å². The molecule has 41 heavy (non-hydrogen) atoms. The number of carbonyl (C=O) groups excluding carboxylic acids is 3. The molecule has 1 atom stereocenters. The van der Waals surface area contributed by atoms with Gasteiger partial charge in [0.1, 0.15) is 35.3 Å². The Labute approximate surface area is 250 Å². The lowest BCUT2D eigenvalue weighted by Crippen LogP contribution is -2.57. The first-order valence-electron chi connectivity index (χ1n) is 13.6. The zero-order chi connectivity index (χ0) is 29.2. The van der Waals surface area contributed by atoms with Gasteiger partial charge in [-0.2, -0.15) is 4.79 Å². The monoisotopic (exact) mass is 599 g/mol. The van der Waals surface area contributed by atoms with Gasteiger partial charge in [0.25, 0.3) is 5.91 Å². The number of nitrogens with zero attached hydrogens (tertiary/aromatic N) is 1. The summed E-state index contributed by atoms with van der Waals surface area (Å²) in [5, 5.41) is 6.78. The highest BCUT2D eigenvalue weighted by Crippen LogP contribution is 2.55. The maximum atomic E-state index is 12.9. The fourth-order valence-corrected chi connectivity index (χ4v) is 9.18. The number of hydrogen-bond acceptors (Lipinski definition) is 4. The van der Waals surface area contributed by atoms with E-state index >= 15 is 0 Å². The summed E-state index contributed by atoms with van der Waals surface area (Å²) in [5.74, 6) is -0.704. The molecule has 3 aromatic rings. The first kappa shape index (κ1) is 34.0. The molecule has 0 radical (unpaired) electrons. The van der Waals surface area contributed by atoms with Gasteiger partial charge in [0.05, 0.1) is 19.8 Å². The summed E-state index contributed by atoms with van der Waals surface area (Å²) in [4.78, 5) is 37.4. The molecule has 9 heteroatoms. The minimum Gasteiger partial charge on any atom is -0.414 e. The zero-order valence-corrected chi connectivity index (χ0v) is 26.1. The van der Waals surface area contributed by atoms with Crippen molar-refractivity contribution in [2.75, 3.05) is 32.8 Å². The molecule has 7 nitrogen and oxygen atoms in total. The van der Waals surface area contributed by atoms with Crippen LogP contribution >= 0.6 is 19.7 Å². The second-order valence-electron chi connectivity index (χ2n) is 11.2. The van der Waals surface area contributed by atoms with Crippen molar-refractivity contribution in [3.63, 3.8) is 0 Å². The van der Waals surface area contributed by atoms with E-state index < -0.39 is 24.9 Å². The van der Waals surface area contributed by atoms with Crippen LogP contribution < -0.4 is 27.0 Å². The molecule has 3 N–H and O–H groups in total. The van der Waals surface area contributed by atoms with E-state index in [1.54, 1.807) is 27.8 Å². The Bertz CT molecular complexity index is 1170. The lowest BCUT2D eigenvalue weighted by Gasteiger charge is -2.32. The third-order valence-electron chi connectivity index (χ3n) is 6.75. The lowest BCUT2D eigenvalue weighted by molar-refractivity contribution is -0.829. The summed E-state index contributed by atoms with van der Waals surface area (Å²) in [6.45, 7) is 5.51. The fraction of sp³-hybridized carbons (Fsp3) is 0.344. The van der Waals surface area contributed by atoms with Gasteiger partial charge in [-0.15, -0.1) is 12.4 Å². The predicted octanol–water partition coefficient (Wildman–Crippen LogP) is 4.17. The van der Waals surface area contributed by atoms with E-state index in [1.807, 2.05) is 18.2 Å². The van der Waals surface area contributed by atoms with Crippen molar-refractivity contribution in [3.8, 4) is 0 Å². The molecule has 0 aliphatic heterocycles. The zero-order valence-electron chi connectivity index (χ0n) is 24.4. The Balaban J connectivity index is 0.00000588. The van der Waals surface area contributed by atoms with Crippen LogP contribution in [0.1, 0.15) is 33.6 Å². The minimum atomic E-state index is -2.01. The van der Waals surface area contributed by atoms with Gasteiger partial charge in [-0.1, -0.05) is 54.6 Å². The molecule has 220 valence electrons. The van der Waals surface area contributed by atoms with Gasteiger partial charge < -0.3 is 15.8 Å². The summed E-state index contributed by atoms with van der Waals surface area (Å²) in [7, 11) is -0.406. The number of likely N-dealkylation sites (N-methyl/N-ethyl adjacent to an activating group) is 1. The minimum absolute atomic E-state index is 0. The molecule has 3 amide bonds. The van der Waals surface area contributed by atoms with Crippen molar-refractivity contribution in [3.05, 3.63) is 91.0 Å². The van der Waals surface area contributed by atoms with Gasteiger partial charge in [-0.05, 0) is 63.6 Å². The summed E-state index contributed by atoms with van der Waals surface area (Å²) in [6, 6.07) is 31.7. The van der Waals surface area contributed by atoms with E-state index in [9.17, 15) is 14.4 Å². The summed E-state index contributed by atoms with van der Waals surface area (Å²) >= 11 is 0. The van der Waals surface area contributed by atoms with E-state index in [4.69, 9.17) is 10.5 Å². The van der Waals surface area contributed by atoms with Crippen LogP contribution in [0.4, 0.5) is 4.79 Å². The molecule has 1 unspecified atom stereocenters. The topological polar surface area (TPSA) is 98.5 Å². The Morgan fingerprint density at radius 2 is 1.27 bits per heavy atom. The number of quaternary nitrogens is 1. The Morgan fingerprint density at radius 3 is 1.66 bits per heavy atom. The van der Waals surface area contributed by atoms with Gasteiger partial charge in [0.2, 0.25) is 5.91 Å². The lowest BCUT2D eigenvalue weighted by atomic mass is 10.2. The molecule has 0 aliphatic rings. The molecule has 0 saturated carbocycles. The molecule has 0 heterocycles. The summed E-state index contributed by atoms with van der Waals surface area (Å²) < 4.78 is 5.17. The quantitative estimate of drug-likeness (QED) is 0.241. The SMILES string of the molecule is CC(C)(C)OC(=O)[N+](C)(CCNC(=O)CCC[P+](c1ccccc1)(c1ccccc1)c1ccccc1)CC(N)=O.Cl. The number of nitrogens with two attached hydrogens (primary N) is 1. The third-order valence-corrected chi connectivity index (χ3v) is 11.3. The number of benzene rings is 3. The highest BCUT2D eigenvalue weighted by Gasteiger charge is 2.44. The van der Waals surface area contributed by atoms with Crippen molar-refractivity contribution in [2.24, 2.45) is 5.73 Å². The smallest absolute Gasteiger partial charge is 0.414 e. The molecule has 3 aromatic carbocycles. The van der Waals surface area contributed by atoms with Crippen LogP contribution in [0.2, 0.25) is 0 Å². The molecule has 0 aromatic heterocycles. The van der Waals surface area contributed by atoms with E-state index in [-0.39, 0.29) is 42.4 Å². The molecule has 0 spiro atoms. The predicted molar refractivity (Wildman–Crippen MR) is 171 cm³/mol. The Morgan fingerprint density at radius 1 is 0.829 bits per heavy atom. The number of halogens is 1. The van der Waals surface area contributed by atoms with Crippen LogP contribution in [0.15, 0.2) is 91.0 Å². The number of nitrogens with one attached hydrogen (secondary N) is 1. The molecule has 0 aliphatic carbocycles. The van der Waals surface area contributed by atoms with Crippen LogP contribution in [0.3, 0.4) is 0 Å². The van der Waals surface area contributed by atoms with Crippen LogP contribution in [-0.2, 0) is 14.3 Å².